The van der Waals surface area contributed by atoms with Crippen molar-refractivity contribution in [2.24, 2.45) is 11.8 Å². The maximum atomic E-state index is 10.6. The van der Waals surface area contributed by atoms with Gasteiger partial charge in [0.1, 0.15) is 0 Å². The summed E-state index contributed by atoms with van der Waals surface area (Å²) < 4.78 is 12.0. The van der Waals surface area contributed by atoms with Crippen LogP contribution in [-0.4, -0.2) is 41.3 Å². The lowest BCUT2D eigenvalue weighted by atomic mass is 9.90. The average Bonchev–Trinajstić information content (AvgIpc) is 3.08. The summed E-state index contributed by atoms with van der Waals surface area (Å²) in [7, 11) is 0. The summed E-state index contributed by atoms with van der Waals surface area (Å²) in [6.07, 6.45) is 22.1. The van der Waals surface area contributed by atoms with E-state index in [1.807, 2.05) is 6.08 Å². The third kappa shape index (κ3) is 9.59. The first-order valence-corrected chi connectivity index (χ1v) is 11.8. The van der Waals surface area contributed by atoms with Crippen molar-refractivity contribution in [2.45, 2.75) is 96.1 Å². The molecule has 170 valence electrons. The zero-order chi connectivity index (χ0) is 21.6. The van der Waals surface area contributed by atoms with Gasteiger partial charge in [-0.25, -0.2) is 0 Å². The summed E-state index contributed by atoms with van der Waals surface area (Å²) in [4.78, 5) is 10.6. The molecule has 0 bridgehead atoms. The highest BCUT2D eigenvalue weighted by Crippen LogP contribution is 2.31. The van der Waals surface area contributed by atoms with Crippen molar-refractivity contribution in [2.75, 3.05) is 6.61 Å². The molecule has 0 spiro atoms. The van der Waals surface area contributed by atoms with Gasteiger partial charge in [-0.3, -0.25) is 4.79 Å². The Kier molecular flexibility index (Phi) is 12.0. The highest BCUT2D eigenvalue weighted by molar-refractivity contribution is 5.66. The Morgan fingerprint density at radius 3 is 2.83 bits per heavy atom. The third-order valence-corrected chi connectivity index (χ3v) is 5.89. The normalized spacial score (nSPS) is 27.9. The first kappa shape index (κ1) is 24.8. The molecule has 5 heteroatoms. The number of aliphatic carboxylic acids is 1. The number of carbonyl (C=O) groups is 1. The minimum Gasteiger partial charge on any atom is -0.481 e. The molecule has 5 nitrogen and oxygen atoms in total. The molecule has 1 aliphatic heterocycles. The summed E-state index contributed by atoms with van der Waals surface area (Å²) in [6, 6.07) is 0. The SMILES string of the molecule is CCCCC[C@@H](/C=C/[C@H]1C(O)C=C[C@@H]1C/C=C\CCCC(=O)O)OC1CCCCO1. The number of aliphatic hydroxyl groups excluding tert-OH is 1. The van der Waals surface area contributed by atoms with Crippen LogP contribution >= 0.6 is 0 Å². The fourth-order valence-corrected chi connectivity index (χ4v) is 4.07. The van der Waals surface area contributed by atoms with Crippen LogP contribution in [0.25, 0.3) is 0 Å². The summed E-state index contributed by atoms with van der Waals surface area (Å²) in [5.74, 6) is -0.433. The van der Waals surface area contributed by atoms with Gasteiger partial charge in [-0.15, -0.1) is 0 Å². The zero-order valence-corrected chi connectivity index (χ0v) is 18.5. The topological polar surface area (TPSA) is 76.0 Å². The molecule has 2 unspecified atom stereocenters. The van der Waals surface area contributed by atoms with Crippen LogP contribution in [0.2, 0.25) is 0 Å². The quantitative estimate of drug-likeness (QED) is 0.291. The molecule has 0 radical (unpaired) electrons. The summed E-state index contributed by atoms with van der Waals surface area (Å²) in [5.41, 5.74) is 0. The van der Waals surface area contributed by atoms with Gasteiger partial charge in [0.25, 0.3) is 0 Å². The van der Waals surface area contributed by atoms with Gasteiger partial charge >= 0.3 is 5.97 Å². The van der Waals surface area contributed by atoms with Gasteiger partial charge in [0.05, 0.1) is 12.2 Å². The second-order valence-corrected chi connectivity index (χ2v) is 8.46. The second-order valence-electron chi connectivity index (χ2n) is 8.46. The Balaban J connectivity index is 1.86. The minimum atomic E-state index is -0.746. The van der Waals surface area contributed by atoms with Gasteiger partial charge in [-0.2, -0.15) is 0 Å². The van der Waals surface area contributed by atoms with Crippen LogP contribution in [0, 0.1) is 11.8 Å². The van der Waals surface area contributed by atoms with Gasteiger partial charge in [-0.1, -0.05) is 62.6 Å². The van der Waals surface area contributed by atoms with E-state index in [0.717, 1.165) is 51.6 Å². The molecule has 30 heavy (non-hydrogen) atoms. The number of aliphatic hydroxyl groups is 1. The van der Waals surface area contributed by atoms with Gasteiger partial charge in [0, 0.05) is 18.9 Å². The predicted molar refractivity (Wildman–Crippen MR) is 119 cm³/mol. The van der Waals surface area contributed by atoms with E-state index in [1.165, 1.54) is 12.8 Å². The Bertz CT molecular complexity index is 562. The van der Waals surface area contributed by atoms with Crippen LogP contribution in [0.15, 0.2) is 36.5 Å². The largest absolute Gasteiger partial charge is 0.481 e. The first-order chi connectivity index (χ1) is 14.6. The van der Waals surface area contributed by atoms with Crippen molar-refractivity contribution in [1.29, 1.82) is 0 Å². The molecular weight excluding hydrogens is 380 g/mol. The van der Waals surface area contributed by atoms with Crippen molar-refractivity contribution in [3.05, 3.63) is 36.5 Å². The fourth-order valence-electron chi connectivity index (χ4n) is 4.07. The lowest BCUT2D eigenvalue weighted by Crippen LogP contribution is -2.27. The van der Waals surface area contributed by atoms with Crippen LogP contribution in [0.5, 0.6) is 0 Å². The van der Waals surface area contributed by atoms with Crippen molar-refractivity contribution in [1.82, 2.24) is 0 Å². The van der Waals surface area contributed by atoms with Crippen molar-refractivity contribution in [3.8, 4) is 0 Å². The molecule has 2 rings (SSSR count). The zero-order valence-electron chi connectivity index (χ0n) is 18.5. The molecule has 1 fully saturated rings. The molecule has 1 aliphatic carbocycles. The molecule has 1 heterocycles. The van der Waals surface area contributed by atoms with Crippen molar-refractivity contribution < 1.29 is 24.5 Å². The average molecular weight is 421 g/mol. The molecule has 2 aliphatic rings. The molecule has 0 aromatic heterocycles. The molecule has 0 aromatic carbocycles. The van der Waals surface area contributed by atoms with Gasteiger partial charge < -0.3 is 19.7 Å². The summed E-state index contributed by atoms with van der Waals surface area (Å²) >= 11 is 0. The van der Waals surface area contributed by atoms with E-state index in [1.54, 1.807) is 0 Å². The Morgan fingerprint density at radius 1 is 1.23 bits per heavy atom. The third-order valence-electron chi connectivity index (χ3n) is 5.89. The monoisotopic (exact) mass is 420 g/mol. The molecule has 0 aromatic rings. The number of carboxylic acid groups (broad SMARTS) is 1. The van der Waals surface area contributed by atoms with E-state index in [4.69, 9.17) is 14.6 Å². The Morgan fingerprint density at radius 2 is 2.10 bits per heavy atom. The molecule has 0 amide bonds. The van der Waals surface area contributed by atoms with Crippen LogP contribution in [0.3, 0.4) is 0 Å². The summed E-state index contributed by atoms with van der Waals surface area (Å²) in [5, 5.41) is 19.1. The van der Waals surface area contributed by atoms with Crippen LogP contribution < -0.4 is 0 Å². The maximum absolute atomic E-state index is 10.6. The number of ether oxygens (including phenoxy) is 2. The fraction of sp³-hybridized carbons (Fsp3) is 0.720. The molecular formula is C25H40O5. The Labute approximate surface area is 181 Å². The van der Waals surface area contributed by atoms with Crippen LogP contribution in [0.4, 0.5) is 0 Å². The smallest absolute Gasteiger partial charge is 0.303 e. The number of unbranched alkanes of at least 4 members (excludes halogenated alkanes) is 3. The molecule has 1 saturated heterocycles. The lowest BCUT2D eigenvalue weighted by Gasteiger charge is -2.27. The standard InChI is InChI=1S/C25H40O5/c1-2-3-6-12-21(30-25-14-9-10-19-29-25)16-17-22-20(15-18-23(22)26)11-7-4-5-8-13-24(27)28/h4,7,15-18,20-23,25-26H,2-3,5-6,8-14,19H2,1H3,(H,27,28)/b7-4-,17-16+/t20-,21-,22+,23?,25?/m0/s1. The van der Waals surface area contributed by atoms with E-state index in [-0.39, 0.29) is 30.7 Å². The van der Waals surface area contributed by atoms with E-state index >= 15 is 0 Å². The predicted octanol–water partition coefficient (Wildman–Crippen LogP) is 5.40. The number of rotatable bonds is 14. The molecule has 5 atom stereocenters. The minimum absolute atomic E-state index is 0.0275. The van der Waals surface area contributed by atoms with E-state index < -0.39 is 12.1 Å². The highest BCUT2D eigenvalue weighted by Gasteiger charge is 2.28. The first-order valence-electron chi connectivity index (χ1n) is 11.8. The van der Waals surface area contributed by atoms with Crippen LogP contribution in [-0.2, 0) is 14.3 Å². The number of carboxylic acids is 1. The lowest BCUT2D eigenvalue weighted by molar-refractivity contribution is -0.179. The van der Waals surface area contributed by atoms with E-state index in [0.29, 0.717) is 6.42 Å². The van der Waals surface area contributed by atoms with E-state index in [9.17, 15) is 9.90 Å². The summed E-state index contributed by atoms with van der Waals surface area (Å²) in [6.45, 7) is 2.98. The van der Waals surface area contributed by atoms with Gasteiger partial charge in [-0.05, 0) is 50.9 Å². The number of allylic oxidation sites excluding steroid dienone is 3. The number of hydrogen-bond acceptors (Lipinski definition) is 4. The number of hydrogen-bond donors (Lipinski definition) is 2. The van der Waals surface area contributed by atoms with E-state index in [2.05, 4.69) is 37.3 Å². The van der Waals surface area contributed by atoms with Gasteiger partial charge in [0.2, 0.25) is 0 Å². The molecule has 0 saturated carbocycles. The highest BCUT2D eigenvalue weighted by atomic mass is 16.7. The van der Waals surface area contributed by atoms with Crippen molar-refractivity contribution >= 4 is 5.97 Å². The maximum Gasteiger partial charge on any atom is 0.303 e. The molecule has 2 N–H and O–H groups in total. The van der Waals surface area contributed by atoms with Gasteiger partial charge in [0.15, 0.2) is 6.29 Å². The Hall–Kier alpha value is -1.43. The second kappa shape index (κ2) is 14.6. The van der Waals surface area contributed by atoms with Crippen molar-refractivity contribution in [3.63, 3.8) is 0 Å². The van der Waals surface area contributed by atoms with Crippen LogP contribution in [0.1, 0.15) is 77.6 Å².